The van der Waals surface area contributed by atoms with Crippen molar-refractivity contribution in [2.45, 2.75) is 43.0 Å². The van der Waals surface area contributed by atoms with Crippen LogP contribution >= 0.6 is 46.0 Å². The lowest BCUT2D eigenvalue weighted by Gasteiger charge is -2.48. The molecule has 1 amide bonds. The molecule has 0 spiro atoms. The number of rotatable bonds is 4. The van der Waals surface area contributed by atoms with Crippen LogP contribution in [0.3, 0.4) is 0 Å². The number of nitrogens with zero attached hydrogens (tertiary/aromatic N) is 4. The average molecular weight is 735 g/mol. The van der Waals surface area contributed by atoms with E-state index in [1.165, 1.54) is 23.9 Å². The summed E-state index contributed by atoms with van der Waals surface area (Å²) in [4.78, 5) is 23.0. The number of aliphatic imine (C=N–C) groups is 1. The predicted molar refractivity (Wildman–Crippen MR) is 167 cm³/mol. The molecule has 0 aliphatic carbocycles. The molecule has 1 saturated heterocycles. The number of methoxy groups -OCH3 is 1. The number of hydrogen-bond acceptors (Lipinski definition) is 6. The van der Waals surface area contributed by atoms with Gasteiger partial charge < -0.3 is 19.4 Å². The summed E-state index contributed by atoms with van der Waals surface area (Å²) in [7, 11) is 1.55. The topological polar surface area (TPSA) is 48.4 Å². The van der Waals surface area contributed by atoms with E-state index in [2.05, 4.69) is 13.2 Å². The highest BCUT2D eigenvalue weighted by Gasteiger charge is 2.45. The number of carbonyl (C=O) groups is 1. The summed E-state index contributed by atoms with van der Waals surface area (Å²) in [5.41, 5.74) is -0.626. The molecule has 224 valence electrons. The highest BCUT2D eigenvalue weighted by molar-refractivity contribution is 14.1. The first-order valence-corrected chi connectivity index (χ1v) is 15.5. The van der Waals surface area contributed by atoms with E-state index in [1.807, 2.05) is 41.3 Å². The number of benzene rings is 2. The molecular formula is C29H28ClF4IN4O2S. The monoisotopic (exact) mass is 734 g/mol. The third-order valence-corrected chi connectivity index (χ3v) is 10.4. The summed E-state index contributed by atoms with van der Waals surface area (Å²) in [6.07, 6.45) is -3.54. The van der Waals surface area contributed by atoms with Crippen LogP contribution in [0, 0.1) is 9.39 Å². The maximum Gasteiger partial charge on any atom is 0.417 e. The van der Waals surface area contributed by atoms with Gasteiger partial charge in [0.1, 0.15) is 17.5 Å². The molecule has 1 fully saturated rings. The molecule has 3 aliphatic rings. The number of piperazine rings is 1. The fourth-order valence-corrected chi connectivity index (χ4v) is 7.94. The van der Waals surface area contributed by atoms with Gasteiger partial charge in [0, 0.05) is 63.2 Å². The Morgan fingerprint density at radius 1 is 1.24 bits per heavy atom. The Bertz CT molecular complexity index is 1510. The molecule has 6 nitrogen and oxygen atoms in total. The van der Waals surface area contributed by atoms with Crippen molar-refractivity contribution in [1.82, 2.24) is 9.80 Å². The van der Waals surface area contributed by atoms with Gasteiger partial charge >= 0.3 is 6.18 Å². The number of thioether (sulfide) groups is 1. The predicted octanol–water partition coefficient (Wildman–Crippen LogP) is 7.04. The zero-order valence-electron chi connectivity index (χ0n) is 23.1. The Morgan fingerprint density at radius 3 is 2.50 bits per heavy atom. The molecule has 0 radical (unpaired) electrons. The fraction of sp³-hybridized carbons (Fsp3) is 0.379. The Labute approximate surface area is 264 Å². The van der Waals surface area contributed by atoms with Crippen molar-refractivity contribution in [1.29, 1.82) is 0 Å². The number of alkyl halides is 3. The number of ether oxygens (including phenoxy) is 1. The summed E-state index contributed by atoms with van der Waals surface area (Å²) in [5.74, 6) is 0.000655. The van der Waals surface area contributed by atoms with E-state index >= 15 is 4.39 Å². The number of hydrogen-bond donors (Lipinski definition) is 0. The van der Waals surface area contributed by atoms with Crippen molar-refractivity contribution in [2.75, 3.05) is 37.5 Å². The zero-order valence-corrected chi connectivity index (χ0v) is 26.8. The Balaban J connectivity index is 1.76. The van der Waals surface area contributed by atoms with Crippen molar-refractivity contribution in [2.24, 2.45) is 4.99 Å². The van der Waals surface area contributed by atoms with Crippen molar-refractivity contribution in [3.63, 3.8) is 0 Å². The van der Waals surface area contributed by atoms with Gasteiger partial charge in [-0.15, -0.1) is 11.8 Å². The molecule has 0 unspecified atom stereocenters. The fourth-order valence-electron chi connectivity index (χ4n) is 6.01. The van der Waals surface area contributed by atoms with E-state index in [-0.39, 0.29) is 52.4 Å². The second-order valence-electron chi connectivity index (χ2n) is 10.5. The van der Waals surface area contributed by atoms with Crippen LogP contribution < -0.4 is 4.90 Å². The first kappa shape index (κ1) is 31.1. The van der Waals surface area contributed by atoms with Crippen LogP contribution in [0.2, 0.25) is 5.02 Å². The SMILES string of the molecule is C=CC(=O)N1[C@H](C)CN(C2=NC(=C)N3c4c2cc(C(F)(F)F)c(-c2cc(I)c(Cl)cc2F)c4SC[C@@H]3COC)C[C@@H]1C. The molecular weight excluding hydrogens is 707 g/mol. The third kappa shape index (κ3) is 5.32. The van der Waals surface area contributed by atoms with Gasteiger partial charge in [-0.2, -0.15) is 13.2 Å². The highest BCUT2D eigenvalue weighted by Crippen LogP contribution is 2.54. The molecule has 5 rings (SSSR count). The van der Waals surface area contributed by atoms with Gasteiger partial charge in [-0.05, 0) is 60.7 Å². The van der Waals surface area contributed by atoms with Crippen LogP contribution in [0.15, 0.2) is 53.1 Å². The standard InChI is InChI=1S/C29H28ClF4IN4O2S/c1-6-24(40)38-14(2)10-37(11-15(38)3)28-19-7-20(29(32,33)34)25(18-8-23(35)21(30)9-22(18)31)27-26(19)39(16(4)36-28)17(12-41-5)13-42-27/h6-9,14-15,17H,1,4,10-13H2,2-3,5H3/t14-,15+,17-/m0/s1. The molecule has 3 aliphatic heterocycles. The van der Waals surface area contributed by atoms with Crippen molar-refractivity contribution in [3.05, 3.63) is 68.8 Å². The third-order valence-electron chi connectivity index (χ3n) is 7.63. The number of carbonyl (C=O) groups excluding carboxylic acids is 1. The Morgan fingerprint density at radius 2 is 1.90 bits per heavy atom. The molecule has 42 heavy (non-hydrogen) atoms. The second kappa shape index (κ2) is 11.7. The lowest BCUT2D eigenvalue weighted by Crippen LogP contribution is -2.60. The molecule has 2 aromatic carbocycles. The van der Waals surface area contributed by atoms with E-state index < -0.39 is 17.6 Å². The van der Waals surface area contributed by atoms with Crippen LogP contribution in [0.25, 0.3) is 11.1 Å². The summed E-state index contributed by atoms with van der Waals surface area (Å²) in [6, 6.07) is 2.69. The lowest BCUT2D eigenvalue weighted by atomic mass is 9.92. The summed E-state index contributed by atoms with van der Waals surface area (Å²) < 4.78 is 65.9. The van der Waals surface area contributed by atoms with E-state index in [0.717, 1.165) is 12.1 Å². The highest BCUT2D eigenvalue weighted by atomic mass is 127. The summed E-state index contributed by atoms with van der Waals surface area (Å²) in [5, 5.41) is 0.117. The number of amides is 1. The van der Waals surface area contributed by atoms with Gasteiger partial charge in [-0.1, -0.05) is 24.8 Å². The largest absolute Gasteiger partial charge is 0.417 e. The van der Waals surface area contributed by atoms with Gasteiger partial charge in [-0.3, -0.25) is 4.79 Å². The van der Waals surface area contributed by atoms with Crippen molar-refractivity contribution in [3.8, 4) is 11.1 Å². The molecule has 13 heteroatoms. The second-order valence-corrected chi connectivity index (χ2v) is 13.1. The van der Waals surface area contributed by atoms with Crippen molar-refractivity contribution < 1.29 is 27.1 Å². The molecule has 2 aromatic rings. The Kier molecular flexibility index (Phi) is 8.65. The normalized spacial score (nSPS) is 22.2. The molecule has 0 saturated carbocycles. The number of halogens is 6. The average Bonchev–Trinajstić information content (AvgIpc) is 2.91. The summed E-state index contributed by atoms with van der Waals surface area (Å²) in [6.45, 7) is 12.5. The number of amidine groups is 1. The van der Waals surface area contributed by atoms with Crippen molar-refractivity contribution >= 4 is 63.4 Å². The van der Waals surface area contributed by atoms with Crippen LogP contribution in [0.5, 0.6) is 0 Å². The van der Waals surface area contributed by atoms with E-state index in [0.29, 0.717) is 44.7 Å². The minimum Gasteiger partial charge on any atom is -0.383 e. The summed E-state index contributed by atoms with van der Waals surface area (Å²) >= 11 is 9.22. The maximum absolute atomic E-state index is 15.4. The first-order valence-electron chi connectivity index (χ1n) is 13.1. The van der Waals surface area contributed by atoms with E-state index in [9.17, 15) is 18.0 Å². The quantitative estimate of drug-likeness (QED) is 0.146. The van der Waals surface area contributed by atoms with Gasteiger partial charge in [0.15, 0.2) is 0 Å². The van der Waals surface area contributed by atoms with Crippen LogP contribution in [0.1, 0.15) is 25.0 Å². The minimum absolute atomic E-state index is 0.117. The van der Waals surface area contributed by atoms with Gasteiger partial charge in [0.2, 0.25) is 5.91 Å². The van der Waals surface area contributed by atoms with Gasteiger partial charge in [0.25, 0.3) is 0 Å². The van der Waals surface area contributed by atoms with Gasteiger partial charge in [-0.25, -0.2) is 9.38 Å². The molecule has 0 aromatic heterocycles. The van der Waals surface area contributed by atoms with Crippen LogP contribution in [-0.4, -0.2) is 72.2 Å². The molecule has 0 N–H and O–H groups in total. The van der Waals surface area contributed by atoms with E-state index in [1.54, 1.807) is 16.9 Å². The minimum atomic E-state index is -4.80. The Hall–Kier alpha value is -2.29. The van der Waals surface area contributed by atoms with Gasteiger partial charge in [0.05, 0.1) is 28.9 Å². The molecule has 3 heterocycles. The van der Waals surface area contributed by atoms with Crippen LogP contribution in [0.4, 0.5) is 23.2 Å². The van der Waals surface area contributed by atoms with E-state index in [4.69, 9.17) is 21.3 Å². The maximum atomic E-state index is 15.4. The number of anilines is 1. The smallest absolute Gasteiger partial charge is 0.383 e. The first-order chi connectivity index (χ1) is 19.8. The molecule has 0 bridgehead atoms. The lowest BCUT2D eigenvalue weighted by molar-refractivity contribution is -0.137. The van der Waals surface area contributed by atoms with Crippen LogP contribution in [-0.2, 0) is 15.7 Å². The molecule has 3 atom stereocenters. The zero-order chi connectivity index (χ0) is 30.7.